The van der Waals surface area contributed by atoms with Gasteiger partial charge in [0.25, 0.3) is 0 Å². The zero-order valence-corrected chi connectivity index (χ0v) is 16.6. The predicted octanol–water partition coefficient (Wildman–Crippen LogP) is 4.81. The highest BCUT2D eigenvalue weighted by atomic mass is 16.7. The van der Waals surface area contributed by atoms with Gasteiger partial charge in [-0.25, -0.2) is 9.59 Å². The normalized spacial score (nSPS) is 11.3. The molecule has 2 N–H and O–H groups in total. The molecule has 7 heteroatoms. The fourth-order valence-electron chi connectivity index (χ4n) is 2.58. The minimum atomic E-state index is -0.766. The summed E-state index contributed by atoms with van der Waals surface area (Å²) in [6.07, 6.45) is -0.766. The lowest BCUT2D eigenvalue weighted by atomic mass is 10.0. The summed E-state index contributed by atoms with van der Waals surface area (Å²) in [5.41, 5.74) is 2.56. The van der Waals surface area contributed by atoms with E-state index in [9.17, 15) is 9.59 Å². The third-order valence-electron chi connectivity index (χ3n) is 3.85. The number of urea groups is 1. The Morgan fingerprint density at radius 1 is 1.04 bits per heavy atom. The van der Waals surface area contributed by atoms with Gasteiger partial charge in [-0.1, -0.05) is 17.7 Å². The molecule has 0 aliphatic heterocycles. The van der Waals surface area contributed by atoms with Crippen molar-refractivity contribution >= 4 is 17.9 Å². The summed E-state index contributed by atoms with van der Waals surface area (Å²) in [7, 11) is 0. The van der Waals surface area contributed by atoms with Crippen LogP contribution in [0.5, 0.6) is 11.5 Å². The highest BCUT2D eigenvalue weighted by Gasteiger charge is 2.15. The summed E-state index contributed by atoms with van der Waals surface area (Å²) < 4.78 is 15.3. The molecule has 0 aliphatic carbocycles. The second kappa shape index (κ2) is 10.2. The smallest absolute Gasteiger partial charge is 0.494 e. The lowest BCUT2D eigenvalue weighted by molar-refractivity contribution is 0.104. The summed E-state index contributed by atoms with van der Waals surface area (Å²) >= 11 is 0. The molecule has 0 bridgehead atoms. The summed E-state index contributed by atoms with van der Waals surface area (Å²) in [5, 5.41) is 5.65. The van der Waals surface area contributed by atoms with Crippen LogP contribution in [-0.2, 0) is 4.74 Å². The van der Waals surface area contributed by atoms with Crippen molar-refractivity contribution in [1.29, 1.82) is 0 Å². The summed E-state index contributed by atoms with van der Waals surface area (Å²) in [6, 6.07) is 11.7. The number of ether oxygens (including phenoxy) is 3. The van der Waals surface area contributed by atoms with Crippen molar-refractivity contribution in [3.8, 4) is 11.5 Å². The predicted molar refractivity (Wildman–Crippen MR) is 107 cm³/mol. The molecule has 0 saturated heterocycles. The van der Waals surface area contributed by atoms with E-state index in [0.717, 1.165) is 16.9 Å². The molecule has 0 spiro atoms. The van der Waals surface area contributed by atoms with Gasteiger partial charge in [0.15, 0.2) is 0 Å². The highest BCUT2D eigenvalue weighted by molar-refractivity contribution is 5.89. The standard InChI is InChI=1S/C21H26N2O5/c1-5-26-19-12-7-14(3)13-18(19)15(4)22-20(24)23-16-8-10-17(11-9-16)28-21(25)27-6-2/h7-13,15H,5-6H2,1-4H3,(H2,22,23,24). The number of rotatable bonds is 7. The lowest BCUT2D eigenvalue weighted by Crippen LogP contribution is -2.31. The molecule has 150 valence electrons. The van der Waals surface area contributed by atoms with Gasteiger partial charge in [0.05, 0.1) is 19.3 Å². The van der Waals surface area contributed by atoms with Crippen molar-refractivity contribution in [2.75, 3.05) is 18.5 Å². The molecule has 2 amide bonds. The number of hydrogen-bond donors (Lipinski definition) is 2. The van der Waals surface area contributed by atoms with Gasteiger partial charge in [-0.2, -0.15) is 0 Å². The number of carbonyl (C=O) groups is 2. The number of anilines is 1. The maximum atomic E-state index is 12.3. The number of hydrogen-bond acceptors (Lipinski definition) is 5. The number of nitrogens with one attached hydrogen (secondary N) is 2. The highest BCUT2D eigenvalue weighted by Crippen LogP contribution is 2.26. The molecular weight excluding hydrogens is 360 g/mol. The van der Waals surface area contributed by atoms with Crippen molar-refractivity contribution in [3.05, 3.63) is 53.6 Å². The largest absolute Gasteiger partial charge is 0.513 e. The second-order valence-corrected chi connectivity index (χ2v) is 6.10. The molecule has 1 unspecified atom stereocenters. The Bertz CT molecular complexity index is 805. The number of aryl methyl sites for hydroxylation is 1. The molecule has 0 aliphatic rings. The Morgan fingerprint density at radius 3 is 2.39 bits per heavy atom. The van der Waals surface area contributed by atoms with E-state index in [0.29, 0.717) is 18.0 Å². The van der Waals surface area contributed by atoms with Crippen molar-refractivity contribution in [3.63, 3.8) is 0 Å². The van der Waals surface area contributed by atoms with Crippen LogP contribution < -0.4 is 20.1 Å². The molecule has 0 radical (unpaired) electrons. The SMILES string of the molecule is CCOC(=O)Oc1ccc(NC(=O)NC(C)c2cc(C)ccc2OCC)cc1. The number of carbonyl (C=O) groups excluding carboxylic acids is 2. The van der Waals surface area contributed by atoms with Gasteiger partial charge in [-0.3, -0.25) is 0 Å². The first-order valence-corrected chi connectivity index (χ1v) is 9.18. The first-order chi connectivity index (χ1) is 13.4. The molecule has 28 heavy (non-hydrogen) atoms. The van der Waals surface area contributed by atoms with E-state index in [1.54, 1.807) is 31.2 Å². The molecule has 0 aromatic heterocycles. The van der Waals surface area contributed by atoms with Gasteiger partial charge < -0.3 is 24.8 Å². The minimum Gasteiger partial charge on any atom is -0.494 e. The van der Waals surface area contributed by atoms with E-state index in [1.165, 1.54) is 0 Å². The maximum absolute atomic E-state index is 12.3. The molecule has 0 fully saturated rings. The monoisotopic (exact) mass is 386 g/mol. The summed E-state index contributed by atoms with van der Waals surface area (Å²) in [5.74, 6) is 1.08. The molecule has 0 heterocycles. The quantitative estimate of drug-likeness (QED) is 0.527. The van der Waals surface area contributed by atoms with Gasteiger partial charge in [0.1, 0.15) is 11.5 Å². The fourth-order valence-corrected chi connectivity index (χ4v) is 2.58. The first kappa shape index (κ1) is 21.1. The fraction of sp³-hybridized carbons (Fsp3) is 0.333. The van der Waals surface area contributed by atoms with Crippen LogP contribution in [-0.4, -0.2) is 25.4 Å². The third-order valence-corrected chi connectivity index (χ3v) is 3.85. The van der Waals surface area contributed by atoms with Crippen LogP contribution in [0.4, 0.5) is 15.3 Å². The molecule has 2 rings (SSSR count). The molecule has 2 aromatic carbocycles. The topological polar surface area (TPSA) is 85.9 Å². The summed E-state index contributed by atoms with van der Waals surface area (Å²) in [4.78, 5) is 23.6. The van der Waals surface area contributed by atoms with Gasteiger partial charge in [0.2, 0.25) is 0 Å². The molecule has 2 aromatic rings. The molecule has 1 atom stereocenters. The Kier molecular flexibility index (Phi) is 7.68. The van der Waals surface area contributed by atoms with Crippen LogP contribution in [0.25, 0.3) is 0 Å². The number of benzene rings is 2. The van der Waals surface area contributed by atoms with Gasteiger partial charge >= 0.3 is 12.2 Å². The van der Waals surface area contributed by atoms with Crippen molar-refractivity contribution in [2.45, 2.75) is 33.7 Å². The maximum Gasteiger partial charge on any atom is 0.513 e. The van der Waals surface area contributed by atoms with Crippen molar-refractivity contribution in [1.82, 2.24) is 5.32 Å². The van der Waals surface area contributed by atoms with Crippen LogP contribution in [0.2, 0.25) is 0 Å². The average molecular weight is 386 g/mol. The van der Waals surface area contributed by atoms with E-state index < -0.39 is 6.16 Å². The van der Waals surface area contributed by atoms with Crippen LogP contribution in [0.3, 0.4) is 0 Å². The Hall–Kier alpha value is -3.22. The Labute approximate surface area is 165 Å². The molecule has 7 nitrogen and oxygen atoms in total. The van der Waals surface area contributed by atoms with Crippen LogP contribution in [0.1, 0.15) is 37.9 Å². The van der Waals surface area contributed by atoms with Gasteiger partial charge in [0, 0.05) is 11.3 Å². The van der Waals surface area contributed by atoms with E-state index in [1.807, 2.05) is 39.0 Å². The number of amides is 2. The van der Waals surface area contributed by atoms with Crippen molar-refractivity contribution < 1.29 is 23.8 Å². The Morgan fingerprint density at radius 2 is 1.75 bits per heavy atom. The van der Waals surface area contributed by atoms with Crippen LogP contribution in [0.15, 0.2) is 42.5 Å². The zero-order valence-electron chi connectivity index (χ0n) is 16.6. The Balaban J connectivity index is 1.96. The van der Waals surface area contributed by atoms with Crippen LogP contribution >= 0.6 is 0 Å². The van der Waals surface area contributed by atoms with Gasteiger partial charge in [-0.05, 0) is 58.0 Å². The van der Waals surface area contributed by atoms with E-state index in [2.05, 4.69) is 10.6 Å². The van der Waals surface area contributed by atoms with E-state index in [4.69, 9.17) is 14.2 Å². The minimum absolute atomic E-state index is 0.239. The second-order valence-electron chi connectivity index (χ2n) is 6.10. The third kappa shape index (κ3) is 6.19. The van der Waals surface area contributed by atoms with Crippen LogP contribution in [0, 0.1) is 6.92 Å². The van der Waals surface area contributed by atoms with Crippen molar-refractivity contribution in [2.24, 2.45) is 0 Å². The molecular formula is C21H26N2O5. The van der Waals surface area contributed by atoms with E-state index in [-0.39, 0.29) is 18.7 Å². The summed E-state index contributed by atoms with van der Waals surface area (Å²) in [6.45, 7) is 8.29. The lowest BCUT2D eigenvalue weighted by Gasteiger charge is -2.19. The molecule has 0 saturated carbocycles. The average Bonchev–Trinajstić information content (AvgIpc) is 2.65. The van der Waals surface area contributed by atoms with Gasteiger partial charge in [-0.15, -0.1) is 0 Å². The first-order valence-electron chi connectivity index (χ1n) is 9.18. The van der Waals surface area contributed by atoms with E-state index >= 15 is 0 Å². The zero-order chi connectivity index (χ0) is 20.5.